The van der Waals surface area contributed by atoms with Crippen molar-refractivity contribution >= 4 is 44.9 Å². The van der Waals surface area contributed by atoms with Crippen LogP contribution in [0.4, 0.5) is 25.8 Å². The lowest BCUT2D eigenvalue weighted by atomic mass is 10.2. The van der Waals surface area contributed by atoms with Gasteiger partial charge in [0.2, 0.25) is 0 Å². The summed E-state index contributed by atoms with van der Waals surface area (Å²) in [4.78, 5) is 10.4. The number of hydrogen-bond donors (Lipinski definition) is 2. The Labute approximate surface area is 191 Å². The summed E-state index contributed by atoms with van der Waals surface area (Å²) >= 11 is 5.78. The highest BCUT2D eigenvalue weighted by molar-refractivity contribution is 7.92. The van der Waals surface area contributed by atoms with Crippen molar-refractivity contribution in [3.05, 3.63) is 87.4 Å². The molecule has 0 aliphatic rings. The van der Waals surface area contributed by atoms with Crippen molar-refractivity contribution in [3.63, 3.8) is 0 Å². The molecule has 3 aromatic carbocycles. The van der Waals surface area contributed by atoms with E-state index in [1.807, 2.05) is 0 Å². The molecule has 0 unspecified atom stereocenters. The number of nitrogens with zero attached hydrogens (tertiary/aromatic N) is 2. The number of anilines is 2. The van der Waals surface area contributed by atoms with Gasteiger partial charge < -0.3 is 4.74 Å². The zero-order chi connectivity index (χ0) is 24.0. The van der Waals surface area contributed by atoms with Crippen LogP contribution in [0.15, 0.2) is 76.7 Å². The molecule has 13 heteroatoms. The Morgan fingerprint density at radius 3 is 2.33 bits per heavy atom. The van der Waals surface area contributed by atoms with Gasteiger partial charge in [0.1, 0.15) is 11.4 Å². The van der Waals surface area contributed by atoms with E-state index in [0.29, 0.717) is 10.6 Å². The van der Waals surface area contributed by atoms with Gasteiger partial charge in [-0.25, -0.2) is 8.42 Å². The summed E-state index contributed by atoms with van der Waals surface area (Å²) in [6.45, 7) is -2.94. The number of nitrogens with one attached hydrogen (secondary N) is 2. The van der Waals surface area contributed by atoms with Gasteiger partial charge in [0.25, 0.3) is 15.7 Å². The number of nitro benzene ring substituents is 1. The molecule has 33 heavy (non-hydrogen) atoms. The van der Waals surface area contributed by atoms with Gasteiger partial charge in [-0.05, 0) is 66.2 Å². The third-order valence-electron chi connectivity index (χ3n) is 4.08. The highest BCUT2D eigenvalue weighted by Gasteiger charge is 2.21. The normalized spacial score (nSPS) is 11.5. The van der Waals surface area contributed by atoms with Crippen LogP contribution in [0.3, 0.4) is 0 Å². The zero-order valence-corrected chi connectivity index (χ0v) is 18.1. The lowest BCUT2D eigenvalue weighted by Gasteiger charge is -2.09. The molecule has 0 fully saturated rings. The number of halogens is 3. The molecule has 0 spiro atoms. The van der Waals surface area contributed by atoms with E-state index in [2.05, 4.69) is 20.0 Å². The first-order chi connectivity index (χ1) is 15.6. The average Bonchev–Trinajstić information content (AvgIpc) is 2.76. The topological polar surface area (TPSA) is 123 Å². The van der Waals surface area contributed by atoms with E-state index in [9.17, 15) is 27.3 Å². The molecule has 0 aliphatic carbocycles. The summed E-state index contributed by atoms with van der Waals surface area (Å²) in [5.74, 6) is -0.0326. The van der Waals surface area contributed by atoms with Crippen molar-refractivity contribution in [2.45, 2.75) is 11.5 Å². The first-order valence-electron chi connectivity index (χ1n) is 9.05. The summed E-state index contributed by atoms with van der Waals surface area (Å²) in [6, 6.07) is 14.7. The Hall–Kier alpha value is -3.77. The summed E-state index contributed by atoms with van der Waals surface area (Å²) in [5.41, 5.74) is 2.63. The first kappa shape index (κ1) is 23.9. The monoisotopic (exact) mass is 496 g/mol. The van der Waals surface area contributed by atoms with Crippen molar-refractivity contribution in [3.8, 4) is 5.75 Å². The van der Waals surface area contributed by atoms with Crippen molar-refractivity contribution in [1.29, 1.82) is 0 Å². The fourth-order valence-corrected chi connectivity index (χ4v) is 3.77. The fourth-order valence-electron chi connectivity index (χ4n) is 2.57. The van der Waals surface area contributed by atoms with E-state index in [1.54, 1.807) is 0 Å². The minimum Gasteiger partial charge on any atom is -0.435 e. The molecule has 0 atom stereocenters. The molecule has 3 rings (SSSR count). The molecule has 0 aliphatic heterocycles. The van der Waals surface area contributed by atoms with Gasteiger partial charge in [-0.1, -0.05) is 11.6 Å². The summed E-state index contributed by atoms with van der Waals surface area (Å²) in [7, 11) is -4.10. The highest BCUT2D eigenvalue weighted by Crippen LogP contribution is 2.29. The number of sulfonamides is 1. The second-order valence-electron chi connectivity index (χ2n) is 6.37. The average molecular weight is 497 g/mol. The maximum absolute atomic E-state index is 12.6. The van der Waals surface area contributed by atoms with Gasteiger partial charge >= 0.3 is 6.61 Å². The molecule has 172 valence electrons. The van der Waals surface area contributed by atoms with Crippen LogP contribution in [-0.2, 0) is 10.0 Å². The van der Waals surface area contributed by atoms with Gasteiger partial charge in [-0.2, -0.15) is 13.9 Å². The molecular weight excluding hydrogens is 482 g/mol. The quantitative estimate of drug-likeness (QED) is 0.241. The van der Waals surface area contributed by atoms with Gasteiger partial charge in [-0.3, -0.25) is 20.3 Å². The van der Waals surface area contributed by atoms with Crippen molar-refractivity contribution in [1.82, 2.24) is 0 Å². The Morgan fingerprint density at radius 1 is 1.06 bits per heavy atom. The lowest BCUT2D eigenvalue weighted by Crippen LogP contribution is -2.13. The van der Waals surface area contributed by atoms with E-state index >= 15 is 0 Å². The SMILES string of the molecule is O=[N+]([O-])c1cc(S(=O)(=O)Nc2ccc(Cl)cc2)ccc1N/N=C\c1ccc(OC(F)F)cc1. The maximum Gasteiger partial charge on any atom is 0.387 e. The molecule has 0 saturated heterocycles. The van der Waals surface area contributed by atoms with Crippen LogP contribution in [-0.4, -0.2) is 26.2 Å². The van der Waals surface area contributed by atoms with Crippen LogP contribution >= 0.6 is 11.6 Å². The first-order valence-corrected chi connectivity index (χ1v) is 10.9. The molecule has 0 heterocycles. The Kier molecular flexibility index (Phi) is 7.41. The van der Waals surface area contributed by atoms with Gasteiger partial charge in [0.05, 0.1) is 16.0 Å². The molecular formula is C20H15ClF2N4O5S. The van der Waals surface area contributed by atoms with Gasteiger partial charge in [0, 0.05) is 16.8 Å². The number of nitro groups is 1. The molecule has 0 saturated carbocycles. The van der Waals surface area contributed by atoms with Crippen LogP contribution < -0.4 is 14.9 Å². The zero-order valence-electron chi connectivity index (χ0n) is 16.5. The highest BCUT2D eigenvalue weighted by atomic mass is 35.5. The standard InChI is InChI=1S/C20H15ClF2N4O5S/c21-14-3-5-15(6-4-14)26-33(30,31)17-9-10-18(19(11-17)27(28)29)25-24-12-13-1-7-16(8-2-13)32-20(22)23/h1-12,20,25-26H/b24-12-. The third kappa shape index (κ3) is 6.60. The molecule has 0 radical (unpaired) electrons. The summed E-state index contributed by atoms with van der Waals surface area (Å²) < 4.78 is 56.1. The van der Waals surface area contributed by atoms with Gasteiger partial charge in [-0.15, -0.1) is 0 Å². The van der Waals surface area contributed by atoms with Crippen LogP contribution in [0.2, 0.25) is 5.02 Å². The number of hydrogen-bond acceptors (Lipinski definition) is 7. The third-order valence-corrected chi connectivity index (χ3v) is 5.71. The number of hydrazone groups is 1. The fraction of sp³-hybridized carbons (Fsp3) is 0.0500. The molecule has 0 amide bonds. The lowest BCUT2D eigenvalue weighted by molar-refractivity contribution is -0.384. The number of rotatable bonds is 9. The van der Waals surface area contributed by atoms with E-state index in [4.69, 9.17) is 11.6 Å². The Balaban J connectivity index is 1.76. The molecule has 3 aromatic rings. The predicted octanol–water partition coefficient (Wildman–Crippen LogP) is 5.10. The maximum atomic E-state index is 12.6. The minimum atomic E-state index is -4.10. The van der Waals surface area contributed by atoms with Crippen molar-refractivity contribution in [2.75, 3.05) is 10.1 Å². The molecule has 9 nitrogen and oxygen atoms in total. The molecule has 2 N–H and O–H groups in total. The number of ether oxygens (including phenoxy) is 1. The van der Waals surface area contributed by atoms with E-state index in [1.165, 1.54) is 66.9 Å². The second kappa shape index (κ2) is 10.2. The summed E-state index contributed by atoms with van der Waals surface area (Å²) in [6.07, 6.45) is 1.29. The predicted molar refractivity (Wildman–Crippen MR) is 120 cm³/mol. The van der Waals surface area contributed by atoms with Crippen LogP contribution in [0.5, 0.6) is 5.75 Å². The second-order valence-corrected chi connectivity index (χ2v) is 8.48. The van der Waals surface area contributed by atoms with Crippen LogP contribution in [0.1, 0.15) is 5.56 Å². The molecule has 0 aromatic heterocycles. The number of benzene rings is 3. The summed E-state index contributed by atoms with van der Waals surface area (Å²) in [5, 5.41) is 15.7. The van der Waals surface area contributed by atoms with Crippen LogP contribution in [0, 0.1) is 10.1 Å². The Morgan fingerprint density at radius 2 is 1.73 bits per heavy atom. The van der Waals surface area contributed by atoms with Crippen molar-refractivity contribution in [2.24, 2.45) is 5.10 Å². The largest absolute Gasteiger partial charge is 0.435 e. The smallest absolute Gasteiger partial charge is 0.387 e. The van der Waals surface area contributed by atoms with Crippen molar-refractivity contribution < 1.29 is 26.9 Å². The molecule has 0 bridgehead atoms. The van der Waals surface area contributed by atoms with Crippen LogP contribution in [0.25, 0.3) is 0 Å². The Bertz CT molecular complexity index is 1270. The minimum absolute atomic E-state index is 0.0326. The van der Waals surface area contributed by atoms with Gasteiger partial charge in [0.15, 0.2) is 0 Å². The number of alkyl halides is 2. The van der Waals surface area contributed by atoms with E-state index < -0.39 is 27.2 Å². The van der Waals surface area contributed by atoms with E-state index in [-0.39, 0.29) is 22.0 Å². The van der Waals surface area contributed by atoms with E-state index in [0.717, 1.165) is 6.07 Å².